The monoisotopic (exact) mass is 681 g/mol. The molecule has 14 heteroatoms. The molecule has 2 aliphatic rings. The van der Waals surface area contributed by atoms with E-state index >= 15 is 0 Å². The largest absolute Gasteiger partial charge is 0.471 e. The van der Waals surface area contributed by atoms with E-state index in [4.69, 9.17) is 9.47 Å². The number of nitrogens with one attached hydrogen (secondary N) is 2. The van der Waals surface area contributed by atoms with Crippen molar-refractivity contribution in [2.45, 2.75) is 68.3 Å². The normalized spacial score (nSPS) is 21.3. The van der Waals surface area contributed by atoms with E-state index in [1.54, 1.807) is 0 Å². The van der Waals surface area contributed by atoms with Crippen LogP contribution in [0.15, 0.2) is 84.3 Å². The van der Waals surface area contributed by atoms with Gasteiger partial charge in [0.2, 0.25) is 5.91 Å². The van der Waals surface area contributed by atoms with Gasteiger partial charge in [0, 0.05) is 30.8 Å². The Kier molecular flexibility index (Phi) is 10.4. The smallest absolute Gasteiger partial charge is 0.392 e. The zero-order valence-electron chi connectivity index (χ0n) is 25.7. The fraction of sp³-hybridized carbons (Fsp3) is 0.353. The van der Waals surface area contributed by atoms with E-state index in [1.807, 2.05) is 72.8 Å². The summed E-state index contributed by atoms with van der Waals surface area (Å²) < 4.78 is 52.0. The number of aromatic amines is 1. The van der Waals surface area contributed by atoms with Crippen molar-refractivity contribution in [2.24, 2.45) is 0 Å². The van der Waals surface area contributed by atoms with E-state index < -0.39 is 30.3 Å². The number of amides is 2. The minimum absolute atomic E-state index is 0.0452. The molecule has 6 rings (SSSR count). The van der Waals surface area contributed by atoms with E-state index in [-0.39, 0.29) is 38.3 Å². The van der Waals surface area contributed by atoms with Crippen molar-refractivity contribution in [3.05, 3.63) is 101 Å². The fourth-order valence-corrected chi connectivity index (χ4v) is 6.73. The summed E-state index contributed by atoms with van der Waals surface area (Å²) in [5, 5.41) is 19.7. The van der Waals surface area contributed by atoms with Gasteiger partial charge in [-0.15, -0.1) is 0 Å². The van der Waals surface area contributed by atoms with Gasteiger partial charge in [-0.05, 0) is 52.8 Å². The third-order valence-electron chi connectivity index (χ3n) is 8.36. The maximum Gasteiger partial charge on any atom is 0.471 e. The quantitative estimate of drug-likeness (QED) is 0.188. The maximum atomic E-state index is 13.0. The molecule has 0 aliphatic carbocycles. The molecule has 4 atom stereocenters. The number of thioether (sulfide) groups is 1. The summed E-state index contributed by atoms with van der Waals surface area (Å²) in [6.07, 6.45) is -3.53. The minimum Gasteiger partial charge on any atom is -0.392 e. The van der Waals surface area contributed by atoms with Crippen LogP contribution in [0, 0.1) is 0 Å². The van der Waals surface area contributed by atoms with Crippen molar-refractivity contribution in [1.82, 2.24) is 25.4 Å². The van der Waals surface area contributed by atoms with Crippen LogP contribution >= 0.6 is 11.8 Å². The van der Waals surface area contributed by atoms with Crippen molar-refractivity contribution in [2.75, 3.05) is 12.3 Å². The zero-order chi connectivity index (χ0) is 33.7. The molecule has 2 aliphatic heterocycles. The number of alkyl halides is 3. The van der Waals surface area contributed by atoms with Gasteiger partial charge in [0.05, 0.1) is 18.8 Å². The second-order valence-electron chi connectivity index (χ2n) is 11.6. The topological polar surface area (TPSA) is 130 Å². The Morgan fingerprint density at radius 1 is 1.00 bits per heavy atom. The number of aromatic nitrogens is 3. The van der Waals surface area contributed by atoms with Crippen molar-refractivity contribution in [1.29, 1.82) is 0 Å². The second-order valence-corrected chi connectivity index (χ2v) is 12.7. The van der Waals surface area contributed by atoms with Crippen LogP contribution in [-0.4, -0.2) is 67.6 Å². The number of carbonyl (C=O) groups excluding carboxylic acids is 2. The highest BCUT2D eigenvalue weighted by Gasteiger charge is 2.47. The van der Waals surface area contributed by atoms with Gasteiger partial charge in [0.25, 0.3) is 0 Å². The molecular weight excluding hydrogens is 647 g/mol. The first-order chi connectivity index (χ1) is 23.2. The number of aliphatic hydroxyl groups excluding tert-OH is 1. The van der Waals surface area contributed by atoms with Gasteiger partial charge < -0.3 is 24.8 Å². The highest BCUT2D eigenvalue weighted by Crippen LogP contribution is 2.40. The lowest BCUT2D eigenvalue weighted by Crippen LogP contribution is -2.50. The molecule has 0 radical (unpaired) electrons. The molecule has 3 heterocycles. The number of benzene rings is 3. The minimum atomic E-state index is -5.02. The van der Waals surface area contributed by atoms with Gasteiger partial charge in [-0.25, -0.2) is 4.98 Å². The van der Waals surface area contributed by atoms with Crippen LogP contribution < -0.4 is 5.32 Å². The summed E-state index contributed by atoms with van der Waals surface area (Å²) in [6.45, 7) is -0.0576. The summed E-state index contributed by atoms with van der Waals surface area (Å²) in [5.74, 6) is -1.98. The molecule has 0 bridgehead atoms. The SMILES string of the molecule is O=C(NCc1cccc(-c2cccc([C@@H]3O[C@H](CSc4ncn[nH]4)C[C@H](c4ccc(CO)cc4)O3)c2)c1)[C@@H]1CCCN1C(=O)C(F)(F)F. The number of ether oxygens (including phenoxy) is 2. The molecule has 4 aromatic rings. The lowest BCUT2D eigenvalue weighted by atomic mass is 9.99. The number of rotatable bonds is 10. The summed E-state index contributed by atoms with van der Waals surface area (Å²) in [6, 6.07) is 21.8. The van der Waals surface area contributed by atoms with Crippen molar-refractivity contribution < 1.29 is 37.3 Å². The van der Waals surface area contributed by atoms with E-state index in [0.717, 1.165) is 33.4 Å². The maximum absolute atomic E-state index is 13.0. The Morgan fingerprint density at radius 3 is 2.50 bits per heavy atom. The summed E-state index contributed by atoms with van der Waals surface area (Å²) in [7, 11) is 0. The molecule has 48 heavy (non-hydrogen) atoms. The molecule has 0 spiro atoms. The second kappa shape index (κ2) is 14.9. The first kappa shape index (κ1) is 33.7. The summed E-state index contributed by atoms with van der Waals surface area (Å²) >= 11 is 1.51. The number of likely N-dealkylation sites (tertiary alicyclic amines) is 1. The number of halogens is 3. The summed E-state index contributed by atoms with van der Waals surface area (Å²) in [4.78, 5) is 29.4. The van der Waals surface area contributed by atoms with Gasteiger partial charge in [-0.2, -0.15) is 18.3 Å². The molecule has 0 saturated carbocycles. The van der Waals surface area contributed by atoms with E-state index in [2.05, 4.69) is 20.5 Å². The molecule has 2 saturated heterocycles. The Labute approximate surface area is 279 Å². The lowest BCUT2D eigenvalue weighted by molar-refractivity contribution is -0.245. The van der Waals surface area contributed by atoms with E-state index in [1.165, 1.54) is 18.1 Å². The molecule has 3 N–H and O–H groups in total. The van der Waals surface area contributed by atoms with Gasteiger partial charge >= 0.3 is 12.1 Å². The van der Waals surface area contributed by atoms with Gasteiger partial charge in [0.1, 0.15) is 12.4 Å². The predicted octanol–water partition coefficient (Wildman–Crippen LogP) is 5.47. The average molecular weight is 682 g/mol. The van der Waals surface area contributed by atoms with Gasteiger partial charge in [-0.3, -0.25) is 14.7 Å². The Hall–Kier alpha value is -4.24. The van der Waals surface area contributed by atoms with Crippen LogP contribution in [0.1, 0.15) is 53.9 Å². The standard InChI is InChI=1S/C34H34F3N5O5S/c35-34(36,37)32(45)42-13-3-8-28(42)30(44)38-17-22-4-1-5-24(14-22)25-6-2-7-26(15-25)31-46-27(19-48-33-39-20-40-41-33)16-29(47-31)23-11-9-21(18-43)10-12-23/h1-2,4-7,9-12,14-15,20,27-29,31,43H,3,8,13,16-19H2,(H,38,44)(H,39,40,41)/t27-,28-,29+,31+/m0/s1. The van der Waals surface area contributed by atoms with Crippen molar-refractivity contribution >= 4 is 23.6 Å². The van der Waals surface area contributed by atoms with Crippen molar-refractivity contribution in [3.63, 3.8) is 0 Å². The zero-order valence-corrected chi connectivity index (χ0v) is 26.5. The van der Waals surface area contributed by atoms with Crippen LogP contribution in [-0.2, 0) is 32.2 Å². The van der Waals surface area contributed by atoms with E-state index in [9.17, 15) is 27.9 Å². The van der Waals surface area contributed by atoms with Crippen LogP contribution in [0.4, 0.5) is 13.2 Å². The highest BCUT2D eigenvalue weighted by molar-refractivity contribution is 7.99. The van der Waals surface area contributed by atoms with Crippen LogP contribution in [0.5, 0.6) is 0 Å². The number of H-pyrrole nitrogens is 1. The Morgan fingerprint density at radius 2 is 1.77 bits per heavy atom. The molecule has 10 nitrogen and oxygen atoms in total. The average Bonchev–Trinajstić information content (AvgIpc) is 3.82. The van der Waals surface area contributed by atoms with Crippen LogP contribution in [0.2, 0.25) is 0 Å². The third kappa shape index (κ3) is 8.06. The molecule has 2 amide bonds. The molecule has 2 fully saturated rings. The lowest BCUT2D eigenvalue weighted by Gasteiger charge is -2.36. The summed E-state index contributed by atoms with van der Waals surface area (Å²) in [5.41, 5.74) is 5.10. The number of carbonyl (C=O) groups is 2. The van der Waals surface area contributed by atoms with Crippen molar-refractivity contribution in [3.8, 4) is 11.1 Å². The fourth-order valence-electron chi connectivity index (χ4n) is 5.94. The molecule has 1 aromatic heterocycles. The van der Waals surface area contributed by atoms with Gasteiger partial charge in [0.15, 0.2) is 11.4 Å². The number of nitrogens with zero attached hydrogens (tertiary/aromatic N) is 3. The predicted molar refractivity (Wildman–Crippen MR) is 170 cm³/mol. The molecule has 0 unspecified atom stereocenters. The molecule has 3 aromatic carbocycles. The highest BCUT2D eigenvalue weighted by atomic mass is 32.2. The first-order valence-electron chi connectivity index (χ1n) is 15.5. The number of hydrogen-bond donors (Lipinski definition) is 3. The Balaban J connectivity index is 1.16. The molecule has 252 valence electrons. The molecular formula is C34H34F3N5O5S. The van der Waals surface area contributed by atoms with Gasteiger partial charge in [-0.1, -0.05) is 72.4 Å². The van der Waals surface area contributed by atoms with Crippen LogP contribution in [0.3, 0.4) is 0 Å². The van der Waals surface area contributed by atoms with E-state index in [0.29, 0.717) is 28.7 Å². The number of aliphatic hydroxyl groups is 1. The Bertz CT molecular complexity index is 1710. The number of hydrogen-bond acceptors (Lipinski definition) is 8. The van der Waals surface area contributed by atoms with Crippen LogP contribution in [0.25, 0.3) is 11.1 Å². The third-order valence-corrected chi connectivity index (χ3v) is 9.37. The first-order valence-corrected chi connectivity index (χ1v) is 16.5.